The van der Waals surface area contributed by atoms with E-state index in [0.29, 0.717) is 24.3 Å². The van der Waals surface area contributed by atoms with E-state index in [9.17, 15) is 18.0 Å². The number of benzene rings is 2. The van der Waals surface area contributed by atoms with E-state index in [1.807, 2.05) is 12.1 Å². The van der Waals surface area contributed by atoms with Crippen LogP contribution in [0.5, 0.6) is 0 Å². The molecule has 5 rings (SSSR count). The zero-order valence-corrected chi connectivity index (χ0v) is 20.5. The number of anilines is 1. The molecule has 8 heteroatoms. The fourth-order valence-corrected chi connectivity index (χ4v) is 7.04. The number of hydrogen-bond donors (Lipinski definition) is 1. The van der Waals surface area contributed by atoms with Crippen LogP contribution in [0.4, 0.5) is 5.69 Å². The second-order valence-corrected chi connectivity index (χ2v) is 12.0. The lowest BCUT2D eigenvalue weighted by atomic mass is 9.86. The average Bonchev–Trinajstić information content (AvgIpc) is 3.43. The molecule has 180 valence electrons. The van der Waals surface area contributed by atoms with Crippen molar-refractivity contribution in [2.24, 2.45) is 0 Å². The van der Waals surface area contributed by atoms with Gasteiger partial charge in [-0.05, 0) is 80.8 Å². The van der Waals surface area contributed by atoms with Crippen LogP contribution in [-0.2, 0) is 31.4 Å². The summed E-state index contributed by atoms with van der Waals surface area (Å²) in [6.07, 6.45) is 4.62. The van der Waals surface area contributed by atoms with E-state index < -0.39 is 15.4 Å². The summed E-state index contributed by atoms with van der Waals surface area (Å²) in [5.74, 6) is -0.412. The third kappa shape index (κ3) is 3.82. The van der Waals surface area contributed by atoms with E-state index in [1.54, 1.807) is 32.0 Å². The number of carbonyl (C=O) groups is 2. The lowest BCUT2D eigenvalue weighted by molar-refractivity contribution is -0.126. The second-order valence-electron chi connectivity index (χ2n) is 10.0. The molecule has 1 aliphatic carbocycles. The molecule has 34 heavy (non-hydrogen) atoms. The van der Waals surface area contributed by atoms with Gasteiger partial charge in [0.1, 0.15) is 6.54 Å². The van der Waals surface area contributed by atoms with Crippen molar-refractivity contribution < 1.29 is 18.0 Å². The number of nitrogens with one attached hydrogen (secondary N) is 1. The molecule has 1 fully saturated rings. The van der Waals surface area contributed by atoms with Crippen LogP contribution in [0, 0.1) is 0 Å². The van der Waals surface area contributed by atoms with Crippen LogP contribution < -0.4 is 10.2 Å². The zero-order chi connectivity index (χ0) is 24.1. The van der Waals surface area contributed by atoms with Gasteiger partial charge in [-0.3, -0.25) is 9.59 Å². The molecule has 0 bridgehead atoms. The monoisotopic (exact) mass is 481 g/mol. The minimum Gasteiger partial charge on any atom is -0.348 e. The van der Waals surface area contributed by atoms with Crippen LogP contribution in [0.25, 0.3) is 0 Å². The number of fused-ring (bicyclic) bond motifs is 2. The topological polar surface area (TPSA) is 86.8 Å². The fourth-order valence-electron chi connectivity index (χ4n) is 5.50. The quantitative estimate of drug-likeness (QED) is 0.710. The number of hydrogen-bond acceptors (Lipinski definition) is 4. The van der Waals surface area contributed by atoms with Gasteiger partial charge in [-0.2, -0.15) is 4.31 Å². The molecule has 1 atom stereocenters. The van der Waals surface area contributed by atoms with Crippen molar-refractivity contribution in [3.8, 4) is 0 Å². The van der Waals surface area contributed by atoms with E-state index >= 15 is 0 Å². The maximum absolute atomic E-state index is 13.3. The third-order valence-electron chi connectivity index (χ3n) is 7.42. The molecular formula is C26H31N3O4S. The Morgan fingerprint density at radius 2 is 1.82 bits per heavy atom. The maximum atomic E-state index is 13.3. The Morgan fingerprint density at radius 3 is 2.59 bits per heavy atom. The van der Waals surface area contributed by atoms with Crippen molar-refractivity contribution in [2.45, 2.75) is 62.3 Å². The Morgan fingerprint density at radius 1 is 1.09 bits per heavy atom. The lowest BCUT2D eigenvalue weighted by Crippen LogP contribution is -2.44. The number of carbonyl (C=O) groups excluding carboxylic acids is 2. The Balaban J connectivity index is 1.38. The molecule has 2 aliphatic heterocycles. The van der Waals surface area contributed by atoms with Crippen LogP contribution in [0.15, 0.2) is 47.4 Å². The van der Waals surface area contributed by atoms with Gasteiger partial charge in [0, 0.05) is 18.8 Å². The summed E-state index contributed by atoms with van der Waals surface area (Å²) >= 11 is 0. The van der Waals surface area contributed by atoms with Gasteiger partial charge in [-0.15, -0.1) is 0 Å². The van der Waals surface area contributed by atoms with Gasteiger partial charge >= 0.3 is 0 Å². The van der Waals surface area contributed by atoms with E-state index in [0.717, 1.165) is 37.7 Å². The van der Waals surface area contributed by atoms with Crippen LogP contribution in [0.3, 0.4) is 0 Å². The first kappa shape index (κ1) is 23.1. The predicted octanol–water partition coefficient (Wildman–Crippen LogP) is 3.29. The Bertz CT molecular complexity index is 1250. The SMILES string of the molecule is CC1(C)C(=O)N(CC(=O)N[C@H]2CCCc3ccccc32)c2ccc(S(=O)(=O)N3CCCC3)cc21. The van der Waals surface area contributed by atoms with Gasteiger partial charge in [0.15, 0.2) is 0 Å². The molecule has 0 saturated carbocycles. The number of sulfonamides is 1. The largest absolute Gasteiger partial charge is 0.348 e. The highest BCUT2D eigenvalue weighted by Crippen LogP contribution is 2.43. The molecule has 0 radical (unpaired) electrons. The summed E-state index contributed by atoms with van der Waals surface area (Å²) in [6.45, 7) is 4.54. The Hall–Kier alpha value is -2.71. The molecule has 7 nitrogen and oxygen atoms in total. The maximum Gasteiger partial charge on any atom is 0.243 e. The molecule has 0 aromatic heterocycles. The molecule has 0 unspecified atom stereocenters. The van der Waals surface area contributed by atoms with Crippen molar-refractivity contribution in [1.29, 1.82) is 0 Å². The standard InChI is InChI=1S/C26H31N3O4S/c1-26(2)21-16-19(34(32,33)28-14-5-6-15-28)12-13-23(21)29(25(26)31)17-24(30)27-22-11-7-9-18-8-3-4-10-20(18)22/h3-4,8,10,12-13,16,22H,5-7,9,11,14-15,17H2,1-2H3,(H,27,30)/t22-/m0/s1. The summed E-state index contributed by atoms with van der Waals surface area (Å²) in [7, 11) is -3.59. The van der Waals surface area contributed by atoms with E-state index in [2.05, 4.69) is 17.4 Å². The van der Waals surface area contributed by atoms with E-state index in [4.69, 9.17) is 0 Å². The summed E-state index contributed by atoms with van der Waals surface area (Å²) < 4.78 is 27.6. The van der Waals surface area contributed by atoms with Crippen molar-refractivity contribution in [1.82, 2.24) is 9.62 Å². The molecule has 3 aliphatic rings. The van der Waals surface area contributed by atoms with E-state index in [1.165, 1.54) is 14.8 Å². The lowest BCUT2D eigenvalue weighted by Gasteiger charge is -2.27. The highest BCUT2D eigenvalue weighted by atomic mass is 32.2. The van der Waals surface area contributed by atoms with Gasteiger partial charge in [0.2, 0.25) is 21.8 Å². The van der Waals surface area contributed by atoms with Gasteiger partial charge in [0.25, 0.3) is 0 Å². The first-order valence-electron chi connectivity index (χ1n) is 12.0. The molecule has 1 saturated heterocycles. The number of aryl methyl sites for hydroxylation is 1. The summed E-state index contributed by atoms with van der Waals surface area (Å²) in [5, 5.41) is 3.12. The van der Waals surface area contributed by atoms with Crippen LogP contribution in [-0.4, -0.2) is 44.2 Å². The summed E-state index contributed by atoms with van der Waals surface area (Å²) in [4.78, 5) is 28.0. The Kier molecular flexibility index (Phi) is 5.76. The third-order valence-corrected chi connectivity index (χ3v) is 9.32. The second kappa shape index (κ2) is 8.50. The normalized spacial score (nSPS) is 21.9. The average molecular weight is 482 g/mol. The molecule has 0 spiro atoms. The Labute approximate surface area is 201 Å². The van der Waals surface area contributed by atoms with Crippen LogP contribution >= 0.6 is 0 Å². The molecule has 2 heterocycles. The first-order valence-corrected chi connectivity index (χ1v) is 13.5. The van der Waals surface area contributed by atoms with Crippen molar-refractivity contribution in [2.75, 3.05) is 24.5 Å². The minimum absolute atomic E-state index is 0.0596. The molecule has 1 N–H and O–H groups in total. The van der Waals surface area contributed by atoms with Crippen molar-refractivity contribution >= 4 is 27.5 Å². The minimum atomic E-state index is -3.59. The fraction of sp³-hybridized carbons (Fsp3) is 0.462. The smallest absolute Gasteiger partial charge is 0.243 e. The van der Waals surface area contributed by atoms with Gasteiger partial charge in [-0.25, -0.2) is 8.42 Å². The van der Waals surface area contributed by atoms with E-state index in [-0.39, 0.29) is 29.3 Å². The van der Waals surface area contributed by atoms with Gasteiger partial charge < -0.3 is 10.2 Å². The van der Waals surface area contributed by atoms with Gasteiger partial charge in [-0.1, -0.05) is 24.3 Å². The summed E-state index contributed by atoms with van der Waals surface area (Å²) in [5.41, 5.74) is 2.74. The molecule has 2 aromatic rings. The van der Waals surface area contributed by atoms with Crippen LogP contribution in [0.2, 0.25) is 0 Å². The summed E-state index contributed by atoms with van der Waals surface area (Å²) in [6, 6.07) is 13.0. The number of rotatable bonds is 5. The molecule has 2 amide bonds. The predicted molar refractivity (Wildman–Crippen MR) is 130 cm³/mol. The highest BCUT2D eigenvalue weighted by Gasteiger charge is 2.45. The number of nitrogens with zero attached hydrogens (tertiary/aromatic N) is 2. The van der Waals surface area contributed by atoms with Gasteiger partial charge in [0.05, 0.1) is 16.4 Å². The van der Waals surface area contributed by atoms with Crippen molar-refractivity contribution in [3.05, 3.63) is 59.2 Å². The highest BCUT2D eigenvalue weighted by molar-refractivity contribution is 7.89. The molecular weight excluding hydrogens is 450 g/mol. The zero-order valence-electron chi connectivity index (χ0n) is 19.7. The number of amides is 2. The first-order chi connectivity index (χ1) is 16.2. The van der Waals surface area contributed by atoms with Crippen molar-refractivity contribution in [3.63, 3.8) is 0 Å². The van der Waals surface area contributed by atoms with Crippen LogP contribution in [0.1, 0.15) is 62.3 Å². The molecule has 2 aromatic carbocycles.